The van der Waals surface area contributed by atoms with Crippen molar-refractivity contribution in [2.24, 2.45) is 0 Å². The van der Waals surface area contributed by atoms with Crippen molar-refractivity contribution in [2.75, 3.05) is 6.54 Å². The van der Waals surface area contributed by atoms with Crippen molar-refractivity contribution in [3.63, 3.8) is 0 Å². The Morgan fingerprint density at radius 3 is 1.94 bits per heavy atom. The molecule has 0 atom stereocenters. The maximum Gasteiger partial charge on any atom is 0.322 e. The fourth-order valence-corrected chi connectivity index (χ4v) is 1.29. The van der Waals surface area contributed by atoms with Crippen molar-refractivity contribution < 1.29 is 27.7 Å². The number of hydrogen-bond donors (Lipinski definition) is 3. The van der Waals surface area contributed by atoms with Gasteiger partial charge in [0.1, 0.15) is 6.54 Å². The van der Waals surface area contributed by atoms with Gasteiger partial charge in [-0.3, -0.25) is 14.1 Å². The second kappa shape index (κ2) is 7.41. The summed E-state index contributed by atoms with van der Waals surface area (Å²) in [5.41, 5.74) is 0. The largest absolute Gasteiger partial charge is 0.480 e. The number of carbonyl (C=O) groups is 2. The summed E-state index contributed by atoms with van der Waals surface area (Å²) in [5, 5.41) is 10.1. The molecule has 18 heavy (non-hydrogen) atoms. The Kier molecular flexibility index (Phi) is 6.61. The summed E-state index contributed by atoms with van der Waals surface area (Å²) in [6.45, 7) is 0.971. The summed E-state index contributed by atoms with van der Waals surface area (Å²) in [6.07, 6.45) is 0. The maximum atomic E-state index is 10.4. The molecule has 0 unspecified atom stereocenters. The van der Waals surface area contributed by atoms with Gasteiger partial charge in [-0.15, -0.1) is 0 Å². The Balaban J connectivity index is 0.000000331. The lowest BCUT2D eigenvalue weighted by molar-refractivity contribution is -0.137. The van der Waals surface area contributed by atoms with E-state index in [-0.39, 0.29) is 17.3 Å². The maximum absolute atomic E-state index is 10.4. The molecule has 8 heteroatoms. The summed E-state index contributed by atoms with van der Waals surface area (Å²) in [5.74, 6) is -1.35. The smallest absolute Gasteiger partial charge is 0.322 e. The Morgan fingerprint density at radius 2 is 1.72 bits per heavy atom. The summed E-state index contributed by atoms with van der Waals surface area (Å²) in [4.78, 5) is 19.6. The summed E-state index contributed by atoms with van der Waals surface area (Å²) in [6, 6.07) is 7.42. The quantitative estimate of drug-likeness (QED) is 0.675. The zero-order valence-corrected chi connectivity index (χ0v) is 10.3. The average molecular weight is 275 g/mol. The van der Waals surface area contributed by atoms with E-state index in [4.69, 9.17) is 9.66 Å². The number of carboxylic acids is 1. The molecule has 1 rings (SSSR count). The lowest BCUT2D eigenvalue weighted by atomic mass is 10.4. The predicted octanol–water partition coefficient (Wildman–Crippen LogP) is 0.140. The summed E-state index contributed by atoms with van der Waals surface area (Å²) >= 11 is 0. The first-order chi connectivity index (χ1) is 8.23. The fourth-order valence-electron chi connectivity index (χ4n) is 0.793. The van der Waals surface area contributed by atoms with E-state index in [2.05, 4.69) is 5.32 Å². The van der Waals surface area contributed by atoms with Crippen LogP contribution in [-0.2, 0) is 19.7 Å². The Hall–Kier alpha value is -1.93. The number of carbonyl (C=O) groups excluding carboxylic acids is 1. The molecule has 0 spiro atoms. The first kappa shape index (κ1) is 16.1. The molecule has 3 N–H and O–H groups in total. The molecule has 0 aliphatic carbocycles. The Labute approximate surface area is 104 Å². The van der Waals surface area contributed by atoms with Crippen LogP contribution in [0.15, 0.2) is 35.2 Å². The minimum Gasteiger partial charge on any atom is -0.480 e. The molecule has 1 amide bonds. The van der Waals surface area contributed by atoms with Gasteiger partial charge in [0.2, 0.25) is 5.91 Å². The molecule has 0 heterocycles. The highest BCUT2D eigenvalue weighted by atomic mass is 32.2. The lowest BCUT2D eigenvalue weighted by Gasteiger charge is -1.92. The van der Waals surface area contributed by atoms with Crippen LogP contribution in [0, 0.1) is 0 Å². The van der Waals surface area contributed by atoms with Crippen LogP contribution in [0.5, 0.6) is 0 Å². The van der Waals surface area contributed by atoms with Crippen molar-refractivity contribution in [1.29, 1.82) is 0 Å². The van der Waals surface area contributed by atoms with E-state index < -0.39 is 16.1 Å². The van der Waals surface area contributed by atoms with E-state index in [1.54, 1.807) is 18.2 Å². The second-order valence-electron chi connectivity index (χ2n) is 3.09. The third-order valence-electron chi connectivity index (χ3n) is 1.53. The first-order valence-electron chi connectivity index (χ1n) is 4.72. The van der Waals surface area contributed by atoms with Crippen LogP contribution in [0.2, 0.25) is 0 Å². The fraction of sp³-hybridized carbons (Fsp3) is 0.200. The summed E-state index contributed by atoms with van der Waals surface area (Å²) < 4.78 is 29.2. The third-order valence-corrected chi connectivity index (χ3v) is 2.40. The van der Waals surface area contributed by atoms with E-state index >= 15 is 0 Å². The minimum absolute atomic E-state index is 0.0741. The van der Waals surface area contributed by atoms with E-state index in [9.17, 15) is 18.0 Å². The highest BCUT2D eigenvalue weighted by Gasteiger charge is 2.05. The van der Waals surface area contributed by atoms with Gasteiger partial charge in [0.25, 0.3) is 10.1 Å². The zero-order valence-electron chi connectivity index (χ0n) is 9.53. The van der Waals surface area contributed by atoms with Crippen LogP contribution in [0.1, 0.15) is 6.92 Å². The molecule has 100 valence electrons. The molecule has 0 aliphatic rings. The van der Waals surface area contributed by atoms with Crippen LogP contribution in [-0.4, -0.2) is 36.5 Å². The Bertz CT molecular complexity index is 482. The highest BCUT2D eigenvalue weighted by molar-refractivity contribution is 7.85. The minimum atomic E-state index is -4.00. The number of hydrogen-bond acceptors (Lipinski definition) is 4. The van der Waals surface area contributed by atoms with Crippen LogP contribution in [0.4, 0.5) is 0 Å². The average Bonchev–Trinajstić information content (AvgIpc) is 2.27. The number of carboxylic acid groups (broad SMARTS) is 1. The van der Waals surface area contributed by atoms with Gasteiger partial charge in [0, 0.05) is 6.92 Å². The zero-order chi connectivity index (χ0) is 14.2. The van der Waals surface area contributed by atoms with Gasteiger partial charge in [-0.2, -0.15) is 8.42 Å². The molecule has 0 bridgehead atoms. The predicted molar refractivity (Wildman–Crippen MR) is 62.6 cm³/mol. The SMILES string of the molecule is CC(=O)NCC(=O)O.O=S(=O)(O)c1ccccc1. The van der Waals surface area contributed by atoms with Crippen molar-refractivity contribution >= 4 is 22.0 Å². The van der Waals surface area contributed by atoms with E-state index in [0.717, 1.165) is 0 Å². The molecule has 1 aromatic rings. The van der Waals surface area contributed by atoms with E-state index in [1.807, 2.05) is 0 Å². The Morgan fingerprint density at radius 1 is 1.22 bits per heavy atom. The van der Waals surface area contributed by atoms with Gasteiger partial charge >= 0.3 is 5.97 Å². The number of benzene rings is 1. The molecule has 0 fully saturated rings. The van der Waals surface area contributed by atoms with E-state index in [0.29, 0.717) is 0 Å². The summed E-state index contributed by atoms with van der Waals surface area (Å²) in [7, 11) is -4.00. The standard InChI is InChI=1S/C6H6O3S.C4H7NO3/c7-10(8,9)6-4-2-1-3-5-6;1-3(6)5-2-4(7)8/h1-5H,(H,7,8,9);2H2,1H3,(H,5,6)(H,7,8). The normalized spacial score (nSPS) is 9.89. The molecular weight excluding hydrogens is 262 g/mol. The van der Waals surface area contributed by atoms with Gasteiger partial charge in [-0.1, -0.05) is 18.2 Å². The van der Waals surface area contributed by atoms with Crippen molar-refractivity contribution in [3.8, 4) is 0 Å². The molecule has 7 nitrogen and oxygen atoms in total. The topological polar surface area (TPSA) is 121 Å². The van der Waals surface area contributed by atoms with Crippen molar-refractivity contribution in [2.45, 2.75) is 11.8 Å². The number of amides is 1. The third kappa shape index (κ3) is 8.25. The second-order valence-corrected chi connectivity index (χ2v) is 4.51. The van der Waals surface area contributed by atoms with E-state index in [1.165, 1.54) is 19.1 Å². The number of nitrogens with one attached hydrogen (secondary N) is 1. The highest BCUT2D eigenvalue weighted by Crippen LogP contribution is 2.05. The molecule has 1 aromatic carbocycles. The van der Waals surface area contributed by atoms with Crippen LogP contribution in [0.3, 0.4) is 0 Å². The molecule has 0 radical (unpaired) electrons. The number of aliphatic carboxylic acids is 1. The van der Waals surface area contributed by atoms with Gasteiger partial charge in [0.05, 0.1) is 4.90 Å². The first-order valence-corrected chi connectivity index (χ1v) is 6.16. The van der Waals surface area contributed by atoms with Crippen LogP contribution >= 0.6 is 0 Å². The molecule has 0 aliphatic heterocycles. The monoisotopic (exact) mass is 275 g/mol. The number of rotatable bonds is 3. The van der Waals surface area contributed by atoms with Gasteiger partial charge in [0.15, 0.2) is 0 Å². The molecule has 0 saturated carbocycles. The molecular formula is C10H13NO6S. The lowest BCUT2D eigenvalue weighted by Crippen LogP contribution is -2.26. The van der Waals surface area contributed by atoms with Gasteiger partial charge in [-0.05, 0) is 12.1 Å². The molecule has 0 saturated heterocycles. The van der Waals surface area contributed by atoms with Crippen LogP contribution < -0.4 is 5.32 Å². The van der Waals surface area contributed by atoms with Crippen molar-refractivity contribution in [1.82, 2.24) is 5.32 Å². The van der Waals surface area contributed by atoms with Gasteiger partial charge in [-0.25, -0.2) is 0 Å². The van der Waals surface area contributed by atoms with Crippen LogP contribution in [0.25, 0.3) is 0 Å². The van der Waals surface area contributed by atoms with Crippen molar-refractivity contribution in [3.05, 3.63) is 30.3 Å². The molecule has 0 aromatic heterocycles. The van der Waals surface area contributed by atoms with Gasteiger partial charge < -0.3 is 10.4 Å².